The largest absolute Gasteiger partial charge is 0.454 e. The number of esters is 1. The van der Waals surface area contributed by atoms with Gasteiger partial charge in [0.05, 0.1) is 11.5 Å². The lowest BCUT2D eigenvalue weighted by molar-refractivity contribution is -0.152. The summed E-state index contributed by atoms with van der Waals surface area (Å²) in [5.74, 6) is -1.44. The molecule has 0 radical (unpaired) electrons. The summed E-state index contributed by atoms with van der Waals surface area (Å²) < 4.78 is 28.4. The average molecular weight is 410 g/mol. The van der Waals surface area contributed by atoms with E-state index in [-0.39, 0.29) is 24.0 Å². The third-order valence-corrected chi connectivity index (χ3v) is 6.07. The molecule has 1 aromatic carbocycles. The Balaban J connectivity index is 1.84. The van der Waals surface area contributed by atoms with Crippen LogP contribution in [0.2, 0.25) is 0 Å². The zero-order valence-electron chi connectivity index (χ0n) is 16.1. The second-order valence-electron chi connectivity index (χ2n) is 7.21. The molecule has 8 nitrogen and oxygen atoms in total. The average Bonchev–Trinajstić information content (AvgIpc) is 3.02. The first-order valence-corrected chi connectivity index (χ1v) is 11.0. The van der Waals surface area contributed by atoms with E-state index in [0.717, 1.165) is 0 Å². The summed E-state index contributed by atoms with van der Waals surface area (Å²) in [5.41, 5.74) is 0.414. The number of sulfone groups is 1. The summed E-state index contributed by atoms with van der Waals surface area (Å²) in [6, 6.07) is 8.02. The van der Waals surface area contributed by atoms with Gasteiger partial charge in [-0.1, -0.05) is 32.0 Å². The van der Waals surface area contributed by atoms with Crippen LogP contribution in [0.5, 0.6) is 0 Å². The second-order valence-corrected chi connectivity index (χ2v) is 9.43. The van der Waals surface area contributed by atoms with E-state index in [1.54, 1.807) is 30.3 Å². The van der Waals surface area contributed by atoms with Crippen molar-refractivity contribution in [1.29, 1.82) is 0 Å². The number of hydrogen-bond donors (Lipinski definition) is 1. The maximum atomic E-state index is 12.5. The van der Waals surface area contributed by atoms with Gasteiger partial charge in [-0.2, -0.15) is 0 Å². The molecule has 0 saturated carbocycles. The van der Waals surface area contributed by atoms with Crippen LogP contribution in [-0.2, 0) is 24.2 Å². The molecule has 1 fully saturated rings. The zero-order chi connectivity index (χ0) is 20.7. The predicted molar refractivity (Wildman–Crippen MR) is 103 cm³/mol. The fraction of sp³-hybridized carbons (Fsp3) is 0.526. The van der Waals surface area contributed by atoms with Crippen molar-refractivity contribution in [3.05, 3.63) is 35.9 Å². The number of ether oxygens (including phenoxy) is 1. The Hall–Kier alpha value is -2.42. The Labute approximate surface area is 165 Å². The van der Waals surface area contributed by atoms with Crippen molar-refractivity contribution < 1.29 is 27.5 Å². The van der Waals surface area contributed by atoms with Gasteiger partial charge in [-0.15, -0.1) is 0 Å². The highest BCUT2D eigenvalue weighted by Crippen LogP contribution is 2.19. The van der Waals surface area contributed by atoms with Crippen molar-refractivity contribution in [3.63, 3.8) is 0 Å². The fourth-order valence-electron chi connectivity index (χ4n) is 2.99. The third kappa shape index (κ3) is 6.63. The summed E-state index contributed by atoms with van der Waals surface area (Å²) in [7, 11) is -3.13. The number of hydrogen-bond acceptors (Lipinski definition) is 6. The molecule has 1 heterocycles. The van der Waals surface area contributed by atoms with E-state index < -0.39 is 40.3 Å². The van der Waals surface area contributed by atoms with Crippen molar-refractivity contribution in [3.8, 4) is 0 Å². The molecule has 9 heteroatoms. The van der Waals surface area contributed by atoms with Gasteiger partial charge in [-0.3, -0.25) is 14.4 Å². The van der Waals surface area contributed by atoms with Gasteiger partial charge in [0.25, 0.3) is 11.8 Å². The van der Waals surface area contributed by atoms with E-state index in [9.17, 15) is 22.8 Å². The van der Waals surface area contributed by atoms with Crippen molar-refractivity contribution >= 4 is 27.6 Å². The van der Waals surface area contributed by atoms with E-state index in [2.05, 4.69) is 5.32 Å². The van der Waals surface area contributed by atoms with Crippen LogP contribution in [-0.4, -0.2) is 68.3 Å². The molecule has 0 bridgehead atoms. The Bertz CT molecular complexity index is 807. The second kappa shape index (κ2) is 9.68. The van der Waals surface area contributed by atoms with Crippen molar-refractivity contribution in [2.45, 2.75) is 26.3 Å². The molecule has 0 spiro atoms. The Morgan fingerprint density at radius 3 is 2.46 bits per heavy atom. The highest BCUT2D eigenvalue weighted by atomic mass is 32.2. The van der Waals surface area contributed by atoms with Crippen LogP contribution in [0.15, 0.2) is 30.3 Å². The normalized spacial score (nSPS) is 17.9. The van der Waals surface area contributed by atoms with Gasteiger partial charge in [-0.05, 0) is 24.5 Å². The van der Waals surface area contributed by atoms with Crippen molar-refractivity contribution in [1.82, 2.24) is 10.2 Å². The minimum atomic E-state index is -3.13. The molecule has 28 heavy (non-hydrogen) atoms. The molecule has 1 atom stereocenters. The number of carbonyl (C=O) groups is 3. The van der Waals surface area contributed by atoms with Crippen LogP contribution >= 0.6 is 0 Å². The predicted octanol–water partition coefficient (Wildman–Crippen LogP) is 0.631. The number of nitrogens with one attached hydrogen (secondary N) is 1. The lowest BCUT2D eigenvalue weighted by Gasteiger charge is -2.29. The number of rotatable bonds is 8. The van der Waals surface area contributed by atoms with E-state index >= 15 is 0 Å². The molecule has 0 aromatic heterocycles. The molecular weight excluding hydrogens is 384 g/mol. The third-order valence-electron chi connectivity index (χ3n) is 4.32. The minimum absolute atomic E-state index is 0.0604. The molecule has 1 aliphatic heterocycles. The first-order valence-electron chi connectivity index (χ1n) is 9.16. The molecule has 154 valence electrons. The van der Waals surface area contributed by atoms with E-state index in [1.807, 2.05) is 13.8 Å². The van der Waals surface area contributed by atoms with Crippen LogP contribution in [0.1, 0.15) is 30.6 Å². The van der Waals surface area contributed by atoms with Gasteiger partial charge in [0.1, 0.15) is 6.54 Å². The topological polar surface area (TPSA) is 110 Å². The Morgan fingerprint density at radius 1 is 1.21 bits per heavy atom. The highest BCUT2D eigenvalue weighted by molar-refractivity contribution is 7.91. The van der Waals surface area contributed by atoms with E-state index in [0.29, 0.717) is 18.5 Å². The van der Waals surface area contributed by atoms with Crippen LogP contribution in [0, 0.1) is 5.92 Å². The summed E-state index contributed by atoms with van der Waals surface area (Å²) in [6.07, 6.45) is 0.391. The molecule has 1 saturated heterocycles. The zero-order valence-corrected chi connectivity index (χ0v) is 16.9. The van der Waals surface area contributed by atoms with Crippen LogP contribution < -0.4 is 5.32 Å². The van der Waals surface area contributed by atoms with Crippen LogP contribution in [0.3, 0.4) is 0 Å². The van der Waals surface area contributed by atoms with Crippen molar-refractivity contribution in [2.75, 3.05) is 31.2 Å². The van der Waals surface area contributed by atoms with Gasteiger partial charge >= 0.3 is 5.97 Å². The monoisotopic (exact) mass is 410 g/mol. The lowest BCUT2D eigenvalue weighted by Crippen LogP contribution is -2.45. The maximum Gasteiger partial charge on any atom is 0.325 e. The van der Waals surface area contributed by atoms with E-state index in [1.165, 1.54) is 4.90 Å². The van der Waals surface area contributed by atoms with Crippen LogP contribution in [0.25, 0.3) is 0 Å². The smallest absolute Gasteiger partial charge is 0.325 e. The van der Waals surface area contributed by atoms with Gasteiger partial charge in [0, 0.05) is 18.2 Å². The molecule has 0 aliphatic carbocycles. The first kappa shape index (κ1) is 21.9. The van der Waals surface area contributed by atoms with Gasteiger partial charge in [-0.25, -0.2) is 8.42 Å². The molecule has 1 aromatic rings. The van der Waals surface area contributed by atoms with Crippen molar-refractivity contribution in [2.24, 2.45) is 5.92 Å². The summed E-state index contributed by atoms with van der Waals surface area (Å²) in [5, 5.41) is 2.43. The molecule has 1 aliphatic rings. The minimum Gasteiger partial charge on any atom is -0.454 e. The Kier molecular flexibility index (Phi) is 7.56. The molecule has 0 unspecified atom stereocenters. The van der Waals surface area contributed by atoms with Gasteiger partial charge in [0.2, 0.25) is 0 Å². The number of nitrogens with zero attached hydrogens (tertiary/aromatic N) is 1. The molecular formula is C19H26N2O6S. The summed E-state index contributed by atoms with van der Waals surface area (Å²) in [4.78, 5) is 37.7. The maximum absolute atomic E-state index is 12.5. The fourth-order valence-corrected chi connectivity index (χ4v) is 4.72. The Morgan fingerprint density at radius 2 is 1.89 bits per heavy atom. The quantitative estimate of drug-likeness (QED) is 0.630. The molecule has 1 N–H and O–H groups in total. The number of benzene rings is 1. The number of carbonyl (C=O) groups excluding carboxylic acids is 3. The molecule has 2 amide bonds. The van der Waals surface area contributed by atoms with E-state index in [4.69, 9.17) is 4.74 Å². The van der Waals surface area contributed by atoms with Gasteiger partial charge < -0.3 is 15.0 Å². The standard InChI is InChI=1S/C19H26N2O6S/c1-14(2)11-21(16-8-9-28(25,26)13-16)17(22)12-27-18(23)10-20-19(24)15-6-4-3-5-7-15/h3-7,14,16H,8-13H2,1-2H3,(H,20,24)/t16-/m0/s1. The summed E-state index contributed by atoms with van der Waals surface area (Å²) >= 11 is 0. The SMILES string of the molecule is CC(C)CN(C(=O)COC(=O)CNC(=O)c1ccccc1)[C@H]1CCS(=O)(=O)C1. The van der Waals surface area contributed by atoms with Gasteiger partial charge in [0.15, 0.2) is 16.4 Å². The lowest BCUT2D eigenvalue weighted by atomic mass is 10.1. The first-order chi connectivity index (χ1) is 13.2. The van der Waals surface area contributed by atoms with Crippen LogP contribution in [0.4, 0.5) is 0 Å². The number of amides is 2. The summed E-state index contributed by atoms with van der Waals surface area (Å²) in [6.45, 7) is 3.40. The highest BCUT2D eigenvalue weighted by Gasteiger charge is 2.35. The molecule has 2 rings (SSSR count).